The molecule has 1 unspecified atom stereocenters. The lowest BCUT2D eigenvalue weighted by Gasteiger charge is -2.23. The Morgan fingerprint density at radius 1 is 1.29 bits per heavy atom. The summed E-state index contributed by atoms with van der Waals surface area (Å²) in [7, 11) is -4.14. The second kappa shape index (κ2) is 8.69. The molecule has 0 aliphatic carbocycles. The Kier molecular flexibility index (Phi) is 6.49. The van der Waals surface area contributed by atoms with E-state index >= 15 is 0 Å². The van der Waals surface area contributed by atoms with Gasteiger partial charge in [-0.3, -0.25) is 4.90 Å². The zero-order valence-electron chi connectivity index (χ0n) is 15.8. The summed E-state index contributed by atoms with van der Waals surface area (Å²) in [5.41, 5.74) is 1.04. The quantitative estimate of drug-likeness (QED) is 0.463. The van der Waals surface area contributed by atoms with Crippen LogP contribution in [-0.2, 0) is 10.4 Å². The summed E-state index contributed by atoms with van der Waals surface area (Å²) in [5, 5.41) is 14.1. The standard InChI is InChI=1S/C18H24ClN3O5S/c1-3-22(12(2)23)10-6-4-5-9-20-16-14-8-7-13(19)11-15(14)21-18-17(16)26-28(24,25)27-18/h7-8,11-12,23H,3-6,9-10H2,1-2H3,(H,20,21). The molecule has 1 aliphatic heterocycles. The number of hydrogen-bond donors (Lipinski definition) is 2. The van der Waals surface area contributed by atoms with E-state index < -0.39 is 16.6 Å². The minimum absolute atomic E-state index is 0.0704. The highest BCUT2D eigenvalue weighted by molar-refractivity contribution is 7.82. The smallest absolute Gasteiger partial charge is 0.381 e. The topological polar surface area (TPSA) is 101 Å². The molecule has 0 radical (unpaired) electrons. The van der Waals surface area contributed by atoms with E-state index in [1.165, 1.54) is 0 Å². The summed E-state index contributed by atoms with van der Waals surface area (Å²) >= 11 is 6.03. The van der Waals surface area contributed by atoms with Crippen LogP contribution in [0, 0.1) is 0 Å². The van der Waals surface area contributed by atoms with Gasteiger partial charge in [0.2, 0.25) is 5.75 Å². The van der Waals surface area contributed by atoms with Crippen LogP contribution in [0.15, 0.2) is 18.2 Å². The first kappa shape index (κ1) is 20.9. The molecule has 0 amide bonds. The monoisotopic (exact) mass is 429 g/mol. The molecule has 0 spiro atoms. The average molecular weight is 430 g/mol. The predicted molar refractivity (Wildman–Crippen MR) is 108 cm³/mol. The minimum Gasteiger partial charge on any atom is -0.381 e. The van der Waals surface area contributed by atoms with Crippen molar-refractivity contribution in [3.8, 4) is 11.6 Å². The normalized spacial score (nSPS) is 15.9. The summed E-state index contributed by atoms with van der Waals surface area (Å²) in [4.78, 5) is 6.19. The van der Waals surface area contributed by atoms with E-state index in [1.54, 1.807) is 25.1 Å². The molecule has 0 saturated carbocycles. The van der Waals surface area contributed by atoms with E-state index in [0.717, 1.165) is 32.4 Å². The number of halogens is 1. The van der Waals surface area contributed by atoms with Crippen LogP contribution in [0.2, 0.25) is 5.02 Å². The average Bonchev–Trinajstić information content (AvgIpc) is 2.93. The molecule has 2 N–H and O–H groups in total. The first-order valence-corrected chi connectivity index (χ1v) is 10.9. The maximum absolute atomic E-state index is 11.7. The molecule has 3 rings (SSSR count). The third-order valence-corrected chi connectivity index (χ3v) is 5.57. The molecule has 1 aliphatic rings. The van der Waals surface area contributed by atoms with Crippen molar-refractivity contribution in [2.75, 3.05) is 25.0 Å². The summed E-state index contributed by atoms with van der Waals surface area (Å²) < 4.78 is 33.2. The van der Waals surface area contributed by atoms with Crippen molar-refractivity contribution in [2.24, 2.45) is 0 Å². The van der Waals surface area contributed by atoms with E-state index in [-0.39, 0.29) is 11.6 Å². The van der Waals surface area contributed by atoms with Crippen LogP contribution in [0.25, 0.3) is 10.9 Å². The predicted octanol–water partition coefficient (Wildman–Crippen LogP) is 3.15. The van der Waals surface area contributed by atoms with Crippen molar-refractivity contribution in [3.05, 3.63) is 23.2 Å². The number of aliphatic hydroxyl groups is 1. The van der Waals surface area contributed by atoms with E-state index in [2.05, 4.69) is 10.3 Å². The van der Waals surface area contributed by atoms with Crippen LogP contribution in [0.4, 0.5) is 5.69 Å². The fraction of sp³-hybridized carbons (Fsp3) is 0.500. The molecule has 0 fully saturated rings. The number of benzene rings is 1. The molecule has 2 aromatic rings. The number of aromatic nitrogens is 1. The van der Waals surface area contributed by atoms with E-state index in [0.29, 0.717) is 28.2 Å². The number of pyridine rings is 1. The second-order valence-corrected chi connectivity index (χ2v) is 8.19. The van der Waals surface area contributed by atoms with Gasteiger partial charge in [-0.05, 0) is 44.5 Å². The SMILES string of the molecule is CCN(CCCCCNc1c2c(nc3cc(Cl)ccc13)OS(=O)(=O)O2)C(C)O. The fourth-order valence-electron chi connectivity index (χ4n) is 3.16. The molecule has 8 nitrogen and oxygen atoms in total. The minimum atomic E-state index is -4.14. The number of aliphatic hydroxyl groups excluding tert-OH is 1. The lowest BCUT2D eigenvalue weighted by Crippen LogP contribution is -2.33. The number of unbranched alkanes of at least 4 members (excludes halogenated alkanes) is 2. The van der Waals surface area contributed by atoms with Gasteiger partial charge in [0.05, 0.1) is 11.2 Å². The van der Waals surface area contributed by atoms with Crippen molar-refractivity contribution in [1.82, 2.24) is 9.88 Å². The first-order chi connectivity index (χ1) is 13.3. The molecule has 1 aromatic carbocycles. The molecular formula is C18H24ClN3O5S. The Hall–Kier alpha value is -1.81. The van der Waals surface area contributed by atoms with E-state index in [9.17, 15) is 13.5 Å². The Bertz CT molecular complexity index is 952. The maximum atomic E-state index is 11.7. The lowest BCUT2D eigenvalue weighted by atomic mass is 10.1. The molecule has 154 valence electrons. The van der Waals surface area contributed by atoms with Gasteiger partial charge in [0.25, 0.3) is 5.88 Å². The number of nitrogens with zero attached hydrogens (tertiary/aromatic N) is 2. The van der Waals surface area contributed by atoms with Crippen LogP contribution in [0.1, 0.15) is 33.1 Å². The lowest BCUT2D eigenvalue weighted by molar-refractivity contribution is 0.0215. The van der Waals surface area contributed by atoms with Gasteiger partial charge >= 0.3 is 10.4 Å². The van der Waals surface area contributed by atoms with E-state index in [1.807, 2.05) is 11.8 Å². The Morgan fingerprint density at radius 2 is 2.07 bits per heavy atom. The van der Waals surface area contributed by atoms with Gasteiger partial charge in [0, 0.05) is 23.5 Å². The van der Waals surface area contributed by atoms with Crippen LogP contribution in [0.5, 0.6) is 11.6 Å². The van der Waals surface area contributed by atoms with Gasteiger partial charge in [-0.1, -0.05) is 24.9 Å². The van der Waals surface area contributed by atoms with Gasteiger partial charge in [0.15, 0.2) is 0 Å². The third kappa shape index (κ3) is 4.78. The largest absolute Gasteiger partial charge is 0.502 e. The molecule has 1 aromatic heterocycles. The van der Waals surface area contributed by atoms with Crippen LogP contribution in [-0.4, -0.2) is 49.3 Å². The van der Waals surface area contributed by atoms with Crippen molar-refractivity contribution < 1.29 is 21.9 Å². The Labute approximate surface area is 169 Å². The highest BCUT2D eigenvalue weighted by Crippen LogP contribution is 2.44. The number of fused-ring (bicyclic) bond motifs is 2. The molecule has 2 heterocycles. The summed E-state index contributed by atoms with van der Waals surface area (Å²) in [5.74, 6) is -0.0196. The zero-order valence-corrected chi connectivity index (χ0v) is 17.4. The number of hydrogen-bond acceptors (Lipinski definition) is 8. The number of rotatable bonds is 9. The second-order valence-electron chi connectivity index (χ2n) is 6.61. The number of anilines is 1. The Morgan fingerprint density at radius 3 is 2.79 bits per heavy atom. The van der Waals surface area contributed by atoms with Crippen molar-refractivity contribution in [1.29, 1.82) is 0 Å². The first-order valence-electron chi connectivity index (χ1n) is 9.24. The van der Waals surface area contributed by atoms with Gasteiger partial charge in [0.1, 0.15) is 6.23 Å². The van der Waals surface area contributed by atoms with Crippen molar-refractivity contribution in [3.63, 3.8) is 0 Å². The maximum Gasteiger partial charge on any atom is 0.502 e. The molecular weight excluding hydrogens is 406 g/mol. The van der Waals surface area contributed by atoms with Crippen LogP contribution >= 0.6 is 11.6 Å². The molecule has 28 heavy (non-hydrogen) atoms. The summed E-state index contributed by atoms with van der Waals surface area (Å²) in [6, 6.07) is 5.12. The zero-order chi connectivity index (χ0) is 20.3. The number of nitrogens with one attached hydrogen (secondary N) is 1. The summed E-state index contributed by atoms with van der Waals surface area (Å²) in [6.45, 7) is 6.04. The molecule has 0 saturated heterocycles. The van der Waals surface area contributed by atoms with Gasteiger partial charge < -0.3 is 18.8 Å². The highest BCUT2D eigenvalue weighted by Gasteiger charge is 2.34. The molecule has 1 atom stereocenters. The van der Waals surface area contributed by atoms with E-state index in [4.69, 9.17) is 20.0 Å². The van der Waals surface area contributed by atoms with Gasteiger partial charge in [-0.25, -0.2) is 4.98 Å². The fourth-order valence-corrected chi connectivity index (χ4v) is 4.03. The molecule has 0 bridgehead atoms. The highest BCUT2D eigenvalue weighted by atomic mass is 35.5. The Balaban J connectivity index is 1.68. The molecule has 10 heteroatoms. The van der Waals surface area contributed by atoms with Crippen molar-refractivity contribution >= 4 is 38.6 Å². The van der Waals surface area contributed by atoms with Crippen LogP contribution in [0.3, 0.4) is 0 Å². The third-order valence-electron chi connectivity index (χ3n) is 4.60. The van der Waals surface area contributed by atoms with Crippen LogP contribution < -0.4 is 13.7 Å². The summed E-state index contributed by atoms with van der Waals surface area (Å²) in [6.07, 6.45) is 2.35. The van der Waals surface area contributed by atoms with Crippen molar-refractivity contribution in [2.45, 2.75) is 39.3 Å². The van der Waals surface area contributed by atoms with Gasteiger partial charge in [-0.15, -0.1) is 8.42 Å². The van der Waals surface area contributed by atoms with Gasteiger partial charge in [-0.2, -0.15) is 0 Å².